The van der Waals surface area contributed by atoms with E-state index >= 15 is 0 Å². The van der Waals surface area contributed by atoms with Crippen LogP contribution in [-0.4, -0.2) is 12.5 Å². The van der Waals surface area contributed by atoms with Crippen molar-refractivity contribution in [1.29, 1.82) is 0 Å². The van der Waals surface area contributed by atoms with Crippen LogP contribution in [0.3, 0.4) is 0 Å². The third kappa shape index (κ3) is 20.8. The van der Waals surface area contributed by atoms with Gasteiger partial charge in [0.05, 0.1) is 12.5 Å². The maximum Gasteiger partial charge on any atom is 0.0892 e. The molecule has 0 fully saturated rings. The highest BCUT2D eigenvalue weighted by Crippen LogP contribution is 1.97. The first kappa shape index (κ1) is 22.8. The molecule has 0 unspecified atom stereocenters. The van der Waals surface area contributed by atoms with Gasteiger partial charge in [0, 0.05) is 0 Å². The second-order valence-electron chi connectivity index (χ2n) is 5.24. The Balaban J connectivity index is 3.46. The zero-order chi connectivity index (χ0) is 17.6. The van der Waals surface area contributed by atoms with Gasteiger partial charge in [0.25, 0.3) is 0 Å². The van der Waals surface area contributed by atoms with E-state index < -0.39 is 0 Å². The van der Waals surface area contributed by atoms with Gasteiger partial charge in [-0.15, -0.1) is 0 Å². The number of hydrogen-bond donors (Lipinski definition) is 1. The predicted octanol–water partition coefficient (Wildman–Crippen LogP) is 6.98. The summed E-state index contributed by atoms with van der Waals surface area (Å²) >= 11 is 3.99. The van der Waals surface area contributed by atoms with E-state index in [1.807, 2.05) is 0 Å². The van der Waals surface area contributed by atoms with Crippen molar-refractivity contribution in [2.45, 2.75) is 51.9 Å². The Morgan fingerprint density at radius 3 is 1.33 bits per heavy atom. The molecule has 134 valence electrons. The van der Waals surface area contributed by atoms with Gasteiger partial charge < -0.3 is 4.74 Å². The molecule has 0 saturated carbocycles. The number of thiol groups is 1. The lowest BCUT2D eigenvalue weighted by atomic mass is 10.2. The molecule has 0 aliphatic heterocycles. The van der Waals surface area contributed by atoms with E-state index in [9.17, 15) is 0 Å². The first-order chi connectivity index (χ1) is 11.9. The molecule has 0 heterocycles. The molecular formula is C22H34OS. The van der Waals surface area contributed by atoms with Gasteiger partial charge >= 0.3 is 0 Å². The smallest absolute Gasteiger partial charge is 0.0892 e. The zero-order valence-corrected chi connectivity index (χ0v) is 16.0. The number of allylic oxidation sites excluding steroid dienone is 11. The third-order valence-electron chi connectivity index (χ3n) is 3.12. The summed E-state index contributed by atoms with van der Waals surface area (Å²) in [6, 6.07) is 0. The van der Waals surface area contributed by atoms with Crippen molar-refractivity contribution < 1.29 is 4.74 Å². The normalized spacial score (nSPS) is 13.2. The van der Waals surface area contributed by atoms with Crippen molar-refractivity contribution in [3.63, 3.8) is 0 Å². The Labute approximate surface area is 155 Å². The molecule has 0 aliphatic rings. The Kier molecular flexibility index (Phi) is 20.6. The van der Waals surface area contributed by atoms with Gasteiger partial charge in [-0.1, -0.05) is 79.8 Å². The summed E-state index contributed by atoms with van der Waals surface area (Å²) < 4.78 is 5.14. The van der Waals surface area contributed by atoms with Crippen molar-refractivity contribution in [2.24, 2.45) is 0 Å². The molecule has 0 aliphatic carbocycles. The van der Waals surface area contributed by atoms with E-state index in [1.54, 1.807) is 0 Å². The van der Waals surface area contributed by atoms with Crippen molar-refractivity contribution in [2.75, 3.05) is 12.5 Å². The van der Waals surface area contributed by atoms with Crippen LogP contribution in [0.15, 0.2) is 72.9 Å². The summed E-state index contributed by atoms with van der Waals surface area (Å²) in [5, 5.41) is 0. The monoisotopic (exact) mass is 346 g/mol. The van der Waals surface area contributed by atoms with Crippen LogP contribution in [0.5, 0.6) is 0 Å². The quantitative estimate of drug-likeness (QED) is 0.146. The molecule has 0 aromatic rings. The van der Waals surface area contributed by atoms with Crippen LogP contribution in [0.2, 0.25) is 0 Å². The second kappa shape index (κ2) is 21.8. The molecule has 0 radical (unpaired) electrons. The van der Waals surface area contributed by atoms with E-state index in [0.29, 0.717) is 5.94 Å². The van der Waals surface area contributed by atoms with Gasteiger partial charge in [0.2, 0.25) is 0 Å². The number of hydrogen-bond acceptors (Lipinski definition) is 2. The standard InChI is InChI=1S/C22H34OS/c1-2-3-4-5-6-7-8-9-10-11-12-13-14-15-16-17-18-19-20-21-23-22-24/h3-4,6-7,9-10,12-13,15-16,18-19,24H,2,5,8,11,14,17,20-22H2,1H3. The van der Waals surface area contributed by atoms with E-state index in [-0.39, 0.29) is 0 Å². The molecule has 1 nitrogen and oxygen atoms in total. The Hall–Kier alpha value is -1.25. The zero-order valence-electron chi connectivity index (χ0n) is 15.1. The highest BCUT2D eigenvalue weighted by Gasteiger charge is 1.80. The molecule has 2 heteroatoms. The van der Waals surface area contributed by atoms with Crippen LogP contribution < -0.4 is 0 Å². The molecule has 0 bridgehead atoms. The lowest BCUT2D eigenvalue weighted by Crippen LogP contribution is -1.88. The first-order valence-corrected chi connectivity index (χ1v) is 9.63. The molecule has 0 spiro atoms. The van der Waals surface area contributed by atoms with Gasteiger partial charge in [-0.2, -0.15) is 12.6 Å². The summed E-state index contributed by atoms with van der Waals surface area (Å²) in [6.45, 7) is 2.91. The van der Waals surface area contributed by atoms with Crippen LogP contribution in [0.4, 0.5) is 0 Å². The first-order valence-electron chi connectivity index (χ1n) is 9.00. The van der Waals surface area contributed by atoms with Crippen LogP contribution in [-0.2, 0) is 4.74 Å². The molecule has 0 amide bonds. The average molecular weight is 347 g/mol. The second-order valence-corrected chi connectivity index (χ2v) is 5.50. The fourth-order valence-corrected chi connectivity index (χ4v) is 1.98. The van der Waals surface area contributed by atoms with Crippen LogP contribution in [0, 0.1) is 0 Å². The Morgan fingerprint density at radius 1 is 0.583 bits per heavy atom. The minimum atomic E-state index is 0.503. The third-order valence-corrected chi connectivity index (χ3v) is 3.30. The van der Waals surface area contributed by atoms with Crippen LogP contribution >= 0.6 is 12.6 Å². The van der Waals surface area contributed by atoms with Crippen molar-refractivity contribution >= 4 is 12.6 Å². The van der Waals surface area contributed by atoms with Crippen LogP contribution in [0.25, 0.3) is 0 Å². The summed E-state index contributed by atoms with van der Waals surface area (Å²) in [4.78, 5) is 0. The predicted molar refractivity (Wildman–Crippen MR) is 113 cm³/mol. The SMILES string of the molecule is CCC=CCC=CCC=CCC=CCC=CCC=CCCOCS. The van der Waals surface area contributed by atoms with E-state index in [4.69, 9.17) is 4.74 Å². The fraction of sp³-hybridized carbons (Fsp3) is 0.455. The Morgan fingerprint density at radius 2 is 0.958 bits per heavy atom. The number of ether oxygens (including phenoxy) is 1. The average Bonchev–Trinajstić information content (AvgIpc) is 2.60. The molecule has 24 heavy (non-hydrogen) atoms. The molecule has 0 rings (SSSR count). The van der Waals surface area contributed by atoms with Gasteiger partial charge in [0.15, 0.2) is 0 Å². The largest absolute Gasteiger partial charge is 0.371 e. The molecular weight excluding hydrogens is 312 g/mol. The van der Waals surface area contributed by atoms with E-state index in [2.05, 4.69) is 92.5 Å². The van der Waals surface area contributed by atoms with Gasteiger partial charge in [-0.3, -0.25) is 0 Å². The van der Waals surface area contributed by atoms with Crippen molar-refractivity contribution in [3.8, 4) is 0 Å². The molecule has 0 aromatic carbocycles. The lowest BCUT2D eigenvalue weighted by Gasteiger charge is -1.93. The molecule has 0 N–H and O–H groups in total. The van der Waals surface area contributed by atoms with Gasteiger partial charge in [-0.05, 0) is 44.9 Å². The minimum Gasteiger partial charge on any atom is -0.371 e. The van der Waals surface area contributed by atoms with E-state index in [0.717, 1.165) is 51.6 Å². The topological polar surface area (TPSA) is 9.23 Å². The van der Waals surface area contributed by atoms with Crippen molar-refractivity contribution in [1.82, 2.24) is 0 Å². The molecule has 0 aromatic heterocycles. The molecule has 0 saturated heterocycles. The summed E-state index contributed by atoms with van der Waals surface area (Å²) in [5.41, 5.74) is 0. The van der Waals surface area contributed by atoms with E-state index in [1.165, 1.54) is 0 Å². The number of rotatable bonds is 15. The fourth-order valence-electron chi connectivity index (χ4n) is 1.86. The van der Waals surface area contributed by atoms with Crippen LogP contribution in [0.1, 0.15) is 51.9 Å². The molecule has 0 atom stereocenters. The highest BCUT2D eigenvalue weighted by molar-refractivity contribution is 7.80. The summed E-state index contributed by atoms with van der Waals surface area (Å²) in [5.74, 6) is 0.503. The van der Waals surface area contributed by atoms with Gasteiger partial charge in [-0.25, -0.2) is 0 Å². The maximum absolute atomic E-state index is 5.14. The Bertz CT molecular complexity index is 414. The summed E-state index contributed by atoms with van der Waals surface area (Å²) in [7, 11) is 0. The summed E-state index contributed by atoms with van der Waals surface area (Å²) in [6.07, 6.45) is 33.7. The maximum atomic E-state index is 5.14. The highest BCUT2D eigenvalue weighted by atomic mass is 32.1. The minimum absolute atomic E-state index is 0.503. The lowest BCUT2D eigenvalue weighted by molar-refractivity contribution is 0.189. The van der Waals surface area contributed by atoms with Gasteiger partial charge in [0.1, 0.15) is 0 Å². The van der Waals surface area contributed by atoms with Crippen molar-refractivity contribution in [3.05, 3.63) is 72.9 Å².